The smallest absolute Gasteiger partial charge is 0.240 e. The Hall–Kier alpha value is -2.82. The first kappa shape index (κ1) is 14.1. The van der Waals surface area contributed by atoms with Gasteiger partial charge in [-0.05, 0) is 23.3 Å². The predicted molar refractivity (Wildman–Crippen MR) is 82.6 cm³/mol. The van der Waals surface area contributed by atoms with Gasteiger partial charge in [0, 0.05) is 13.3 Å². The minimum atomic E-state index is -0.279. The van der Waals surface area contributed by atoms with Gasteiger partial charge in [-0.1, -0.05) is 36.4 Å². The van der Waals surface area contributed by atoms with E-state index in [0.29, 0.717) is 6.42 Å². The van der Waals surface area contributed by atoms with E-state index in [1.807, 2.05) is 30.3 Å². The number of hydrogen-bond donors (Lipinski definition) is 2. The molecule has 1 aliphatic heterocycles. The third kappa shape index (κ3) is 2.53. The normalized spacial score (nSPS) is 17.4. The number of amides is 1. The number of phenolic OH excluding ortho intramolecular Hbond substituents is 2. The van der Waals surface area contributed by atoms with Crippen LogP contribution in [0.2, 0.25) is 0 Å². The Kier molecular flexibility index (Phi) is 3.55. The molecule has 0 saturated heterocycles. The molecule has 3 rings (SSSR count). The third-order valence-corrected chi connectivity index (χ3v) is 3.72. The molecule has 1 unspecified atom stereocenters. The fraction of sp³-hybridized carbons (Fsp3) is 0.176. The summed E-state index contributed by atoms with van der Waals surface area (Å²) >= 11 is 0. The average molecular weight is 296 g/mol. The van der Waals surface area contributed by atoms with E-state index in [-0.39, 0.29) is 23.4 Å². The molecule has 2 aromatic carbocycles. The van der Waals surface area contributed by atoms with Gasteiger partial charge in [0.2, 0.25) is 5.91 Å². The summed E-state index contributed by atoms with van der Waals surface area (Å²) in [6.07, 6.45) is 0.563. The zero-order valence-corrected chi connectivity index (χ0v) is 12.1. The van der Waals surface area contributed by atoms with Crippen molar-refractivity contribution >= 4 is 11.6 Å². The number of benzene rings is 2. The van der Waals surface area contributed by atoms with Gasteiger partial charge in [-0.15, -0.1) is 0 Å². The second-order valence-corrected chi connectivity index (χ2v) is 5.24. The lowest BCUT2D eigenvalue weighted by Crippen LogP contribution is -2.24. The minimum Gasteiger partial charge on any atom is -0.504 e. The number of hydrazone groups is 1. The molecule has 22 heavy (non-hydrogen) atoms. The second-order valence-electron chi connectivity index (χ2n) is 5.24. The SMILES string of the molecule is CC(=O)N1N=C(c2ccccc2)CC1c1ccc(O)c(O)c1. The first-order valence-corrected chi connectivity index (χ1v) is 7.01. The number of aromatic hydroxyl groups is 2. The summed E-state index contributed by atoms with van der Waals surface area (Å²) in [6.45, 7) is 1.46. The van der Waals surface area contributed by atoms with Crippen molar-refractivity contribution in [3.05, 3.63) is 59.7 Å². The molecule has 2 aromatic rings. The maximum absolute atomic E-state index is 11.9. The molecule has 1 aliphatic rings. The highest BCUT2D eigenvalue weighted by atomic mass is 16.3. The standard InChI is InChI=1S/C17H16N2O3/c1-11(20)19-15(13-7-8-16(21)17(22)9-13)10-14(18-19)12-5-3-2-4-6-12/h2-9,15,21-22H,10H2,1H3. The van der Waals surface area contributed by atoms with E-state index in [1.54, 1.807) is 6.07 Å². The molecule has 0 aliphatic carbocycles. The number of rotatable bonds is 2. The van der Waals surface area contributed by atoms with E-state index < -0.39 is 0 Å². The van der Waals surface area contributed by atoms with Crippen LogP contribution in [0.4, 0.5) is 0 Å². The highest BCUT2D eigenvalue weighted by Crippen LogP contribution is 2.36. The molecule has 5 nitrogen and oxygen atoms in total. The molecular formula is C17H16N2O3. The van der Waals surface area contributed by atoms with Crippen molar-refractivity contribution in [1.29, 1.82) is 0 Å². The van der Waals surface area contributed by atoms with Gasteiger partial charge in [-0.2, -0.15) is 5.10 Å². The van der Waals surface area contributed by atoms with Gasteiger partial charge in [-0.3, -0.25) is 4.79 Å². The Bertz CT molecular complexity index is 741. The molecule has 2 N–H and O–H groups in total. The molecule has 0 aromatic heterocycles. The van der Waals surface area contributed by atoms with Gasteiger partial charge < -0.3 is 10.2 Å². The summed E-state index contributed by atoms with van der Waals surface area (Å²) in [7, 11) is 0. The largest absolute Gasteiger partial charge is 0.504 e. The van der Waals surface area contributed by atoms with Gasteiger partial charge >= 0.3 is 0 Å². The highest BCUT2D eigenvalue weighted by molar-refractivity contribution is 6.03. The van der Waals surface area contributed by atoms with Gasteiger partial charge in [-0.25, -0.2) is 5.01 Å². The molecule has 112 valence electrons. The predicted octanol–water partition coefficient (Wildman–Crippen LogP) is 2.80. The van der Waals surface area contributed by atoms with E-state index in [1.165, 1.54) is 24.1 Å². The molecular weight excluding hydrogens is 280 g/mol. The summed E-state index contributed by atoms with van der Waals surface area (Å²) in [5.74, 6) is -0.544. The topological polar surface area (TPSA) is 73.1 Å². The first-order chi connectivity index (χ1) is 10.6. The van der Waals surface area contributed by atoms with Gasteiger partial charge in [0.25, 0.3) is 0 Å². The van der Waals surface area contributed by atoms with Crippen molar-refractivity contribution in [1.82, 2.24) is 5.01 Å². The van der Waals surface area contributed by atoms with Crippen LogP contribution in [0.3, 0.4) is 0 Å². The molecule has 5 heteroatoms. The summed E-state index contributed by atoms with van der Waals surface area (Å²) in [5, 5.41) is 25.0. The van der Waals surface area contributed by atoms with Crippen LogP contribution >= 0.6 is 0 Å². The van der Waals surface area contributed by atoms with Crippen LogP contribution in [-0.2, 0) is 4.79 Å². The van der Waals surface area contributed by atoms with Crippen molar-refractivity contribution in [3.8, 4) is 11.5 Å². The number of carbonyl (C=O) groups excluding carboxylic acids is 1. The zero-order valence-electron chi connectivity index (χ0n) is 12.1. The highest BCUT2D eigenvalue weighted by Gasteiger charge is 2.31. The van der Waals surface area contributed by atoms with Crippen LogP contribution in [0, 0.1) is 0 Å². The molecule has 0 bridgehead atoms. The Morgan fingerprint density at radius 2 is 1.86 bits per heavy atom. The number of nitrogens with zero attached hydrogens (tertiary/aromatic N) is 2. The lowest BCUT2D eigenvalue weighted by molar-refractivity contribution is -0.130. The van der Waals surface area contributed by atoms with Crippen LogP contribution in [0.1, 0.15) is 30.5 Å². The fourth-order valence-corrected chi connectivity index (χ4v) is 2.61. The van der Waals surface area contributed by atoms with E-state index in [2.05, 4.69) is 5.10 Å². The molecule has 0 radical (unpaired) electrons. The fourth-order valence-electron chi connectivity index (χ4n) is 2.61. The monoisotopic (exact) mass is 296 g/mol. The Labute approximate surface area is 128 Å². The Balaban J connectivity index is 1.96. The van der Waals surface area contributed by atoms with E-state index in [9.17, 15) is 15.0 Å². The van der Waals surface area contributed by atoms with Crippen molar-refractivity contribution in [2.45, 2.75) is 19.4 Å². The Morgan fingerprint density at radius 3 is 2.50 bits per heavy atom. The van der Waals surface area contributed by atoms with E-state index in [4.69, 9.17) is 0 Å². The van der Waals surface area contributed by atoms with E-state index in [0.717, 1.165) is 16.8 Å². The lowest BCUT2D eigenvalue weighted by atomic mass is 9.98. The summed E-state index contributed by atoms with van der Waals surface area (Å²) in [5.41, 5.74) is 2.53. The van der Waals surface area contributed by atoms with Gasteiger partial charge in [0.05, 0.1) is 11.8 Å². The van der Waals surface area contributed by atoms with Gasteiger partial charge in [0.15, 0.2) is 11.5 Å². The maximum Gasteiger partial charge on any atom is 0.240 e. The molecule has 1 amide bonds. The van der Waals surface area contributed by atoms with Crippen molar-refractivity contribution in [3.63, 3.8) is 0 Å². The van der Waals surface area contributed by atoms with Crippen LogP contribution in [0.15, 0.2) is 53.6 Å². The van der Waals surface area contributed by atoms with Crippen LogP contribution < -0.4 is 0 Å². The summed E-state index contributed by atoms with van der Waals surface area (Å²) < 4.78 is 0. The quantitative estimate of drug-likeness (QED) is 0.837. The second kappa shape index (κ2) is 5.52. The number of carbonyl (C=O) groups is 1. The average Bonchev–Trinajstić information content (AvgIpc) is 2.96. The minimum absolute atomic E-state index is 0.163. The molecule has 0 spiro atoms. The molecule has 0 fully saturated rings. The first-order valence-electron chi connectivity index (χ1n) is 7.01. The molecule has 1 heterocycles. The number of phenols is 2. The summed E-state index contributed by atoms with van der Waals surface area (Å²) in [6, 6.07) is 14.0. The number of hydrogen-bond acceptors (Lipinski definition) is 4. The maximum atomic E-state index is 11.9. The van der Waals surface area contributed by atoms with Crippen LogP contribution in [0.5, 0.6) is 11.5 Å². The van der Waals surface area contributed by atoms with Crippen molar-refractivity contribution < 1.29 is 15.0 Å². The van der Waals surface area contributed by atoms with Crippen LogP contribution in [0.25, 0.3) is 0 Å². The van der Waals surface area contributed by atoms with Crippen LogP contribution in [-0.4, -0.2) is 26.8 Å². The molecule has 1 atom stereocenters. The molecule has 0 saturated carbocycles. The Morgan fingerprint density at radius 1 is 1.14 bits per heavy atom. The zero-order chi connectivity index (χ0) is 15.7. The summed E-state index contributed by atoms with van der Waals surface area (Å²) in [4.78, 5) is 11.9. The van der Waals surface area contributed by atoms with Gasteiger partial charge in [0.1, 0.15) is 0 Å². The third-order valence-electron chi connectivity index (χ3n) is 3.72. The van der Waals surface area contributed by atoms with Crippen molar-refractivity contribution in [2.75, 3.05) is 0 Å². The lowest BCUT2D eigenvalue weighted by Gasteiger charge is -2.20. The van der Waals surface area contributed by atoms with E-state index >= 15 is 0 Å². The van der Waals surface area contributed by atoms with Crippen molar-refractivity contribution in [2.24, 2.45) is 5.10 Å².